The zero-order valence-corrected chi connectivity index (χ0v) is 18.5. The van der Waals surface area contributed by atoms with E-state index in [4.69, 9.17) is 9.47 Å². The Bertz CT molecular complexity index is 1140. The number of pyridine rings is 3. The Morgan fingerprint density at radius 3 is 2.64 bits per heavy atom. The number of nitrogens with one attached hydrogen (secondary N) is 1. The second kappa shape index (κ2) is 9.22. The van der Waals surface area contributed by atoms with Gasteiger partial charge in [-0.1, -0.05) is 0 Å². The maximum atomic E-state index is 12.9. The summed E-state index contributed by atoms with van der Waals surface area (Å²) < 4.78 is 49.9. The zero-order valence-electron chi connectivity index (χ0n) is 18.5. The molecule has 33 heavy (non-hydrogen) atoms. The number of ether oxygens (including phenoxy) is 2. The van der Waals surface area contributed by atoms with Crippen LogP contribution in [0.15, 0.2) is 42.6 Å². The highest BCUT2D eigenvalue weighted by molar-refractivity contribution is 5.71. The fraction of sp³-hybridized carbons (Fsp3) is 0.348. The highest BCUT2D eigenvalue weighted by atomic mass is 19.4. The minimum Gasteiger partial charge on any atom is -0.480 e. The maximum Gasteiger partial charge on any atom is 0.392 e. The summed E-state index contributed by atoms with van der Waals surface area (Å²) in [6.07, 6.45) is -4.66. The maximum absolute atomic E-state index is 12.9. The van der Waals surface area contributed by atoms with Crippen LogP contribution in [0.4, 0.5) is 24.8 Å². The number of anilines is 2. The van der Waals surface area contributed by atoms with E-state index < -0.39 is 18.7 Å². The molecule has 4 rings (SSSR count). The first-order chi connectivity index (χ1) is 15.7. The van der Waals surface area contributed by atoms with E-state index in [-0.39, 0.29) is 12.4 Å². The summed E-state index contributed by atoms with van der Waals surface area (Å²) in [5.74, 6) is 1.50. The van der Waals surface area contributed by atoms with Gasteiger partial charge in [0.25, 0.3) is 0 Å². The molecular weight excluding hydrogens is 435 g/mol. The molecule has 10 heteroatoms. The predicted molar refractivity (Wildman–Crippen MR) is 118 cm³/mol. The van der Waals surface area contributed by atoms with Crippen LogP contribution in [0.2, 0.25) is 0 Å². The van der Waals surface area contributed by atoms with Gasteiger partial charge >= 0.3 is 6.18 Å². The summed E-state index contributed by atoms with van der Waals surface area (Å²) in [6, 6.07) is 11.0. The Morgan fingerprint density at radius 1 is 1.15 bits per heavy atom. The topological polar surface area (TPSA) is 72.4 Å². The van der Waals surface area contributed by atoms with E-state index in [1.807, 2.05) is 25.1 Å². The zero-order chi connectivity index (χ0) is 23.6. The van der Waals surface area contributed by atoms with Crippen molar-refractivity contribution in [1.29, 1.82) is 0 Å². The Kier molecular flexibility index (Phi) is 6.37. The van der Waals surface area contributed by atoms with Crippen LogP contribution in [0.25, 0.3) is 11.1 Å². The van der Waals surface area contributed by atoms with Gasteiger partial charge in [-0.3, -0.25) is 9.88 Å². The number of hydrogen-bond donors (Lipinski definition) is 1. The average molecular weight is 459 g/mol. The molecule has 0 aromatic carbocycles. The first-order valence-corrected chi connectivity index (χ1v) is 10.4. The monoisotopic (exact) mass is 459 g/mol. The van der Waals surface area contributed by atoms with Crippen molar-refractivity contribution in [3.63, 3.8) is 0 Å². The van der Waals surface area contributed by atoms with Gasteiger partial charge in [0.2, 0.25) is 11.8 Å². The number of hydrogen-bond acceptors (Lipinski definition) is 7. The van der Waals surface area contributed by atoms with Crippen molar-refractivity contribution in [2.75, 3.05) is 26.0 Å². The summed E-state index contributed by atoms with van der Waals surface area (Å²) in [5.41, 5.74) is 3.33. The Hall–Kier alpha value is -3.40. The van der Waals surface area contributed by atoms with Crippen LogP contribution < -0.4 is 14.8 Å². The van der Waals surface area contributed by atoms with Gasteiger partial charge in [-0.05, 0) is 55.9 Å². The predicted octanol–water partition coefficient (Wildman–Crippen LogP) is 4.74. The van der Waals surface area contributed by atoms with Crippen molar-refractivity contribution >= 4 is 11.6 Å². The first kappa shape index (κ1) is 22.8. The molecular formula is C23H24F3N5O2. The number of rotatable bonds is 5. The molecule has 1 unspecified atom stereocenters. The number of alkyl halides is 3. The molecule has 3 aromatic heterocycles. The third-order valence-corrected chi connectivity index (χ3v) is 5.15. The smallest absolute Gasteiger partial charge is 0.392 e. The van der Waals surface area contributed by atoms with Crippen molar-refractivity contribution in [3.8, 4) is 22.9 Å². The van der Waals surface area contributed by atoms with E-state index >= 15 is 0 Å². The number of likely N-dealkylation sites (N-methyl/N-ethyl adjacent to an activating group) is 1. The lowest BCUT2D eigenvalue weighted by Gasteiger charge is -2.21. The van der Waals surface area contributed by atoms with Gasteiger partial charge in [-0.15, -0.1) is 0 Å². The van der Waals surface area contributed by atoms with Crippen LogP contribution in [0.1, 0.15) is 17.7 Å². The molecule has 174 valence electrons. The van der Waals surface area contributed by atoms with E-state index in [1.54, 1.807) is 36.3 Å². The summed E-state index contributed by atoms with van der Waals surface area (Å²) in [5, 5.41) is 3.08. The molecule has 4 heterocycles. The summed E-state index contributed by atoms with van der Waals surface area (Å²) >= 11 is 0. The molecule has 0 aliphatic carbocycles. The summed E-state index contributed by atoms with van der Waals surface area (Å²) in [4.78, 5) is 14.9. The normalized spacial score (nSPS) is 16.5. The number of halogens is 3. The lowest BCUT2D eigenvalue weighted by molar-refractivity contribution is -0.151. The van der Waals surface area contributed by atoms with Gasteiger partial charge in [-0.25, -0.2) is 0 Å². The number of nitrogens with zero attached hydrogens (tertiary/aromatic N) is 4. The molecule has 1 N–H and O–H groups in total. The minimum atomic E-state index is -4.32. The van der Waals surface area contributed by atoms with Crippen LogP contribution >= 0.6 is 0 Å². The van der Waals surface area contributed by atoms with Gasteiger partial charge in [0.05, 0.1) is 13.5 Å². The second-order valence-corrected chi connectivity index (χ2v) is 7.98. The van der Waals surface area contributed by atoms with Gasteiger partial charge in [-0.2, -0.15) is 23.1 Å². The number of aryl methyl sites for hydroxylation is 1. The van der Waals surface area contributed by atoms with E-state index in [0.717, 1.165) is 22.4 Å². The van der Waals surface area contributed by atoms with Crippen molar-refractivity contribution in [3.05, 3.63) is 53.9 Å². The fourth-order valence-corrected chi connectivity index (χ4v) is 3.75. The summed E-state index contributed by atoms with van der Waals surface area (Å²) in [6.45, 7) is 2.51. The van der Waals surface area contributed by atoms with Crippen LogP contribution in [0.5, 0.6) is 11.8 Å². The number of methoxy groups -OCH3 is 1. The third kappa shape index (κ3) is 5.70. The highest BCUT2D eigenvalue weighted by Gasteiger charge is 2.35. The minimum absolute atomic E-state index is 0.160. The Labute approximate surface area is 189 Å². The van der Waals surface area contributed by atoms with Gasteiger partial charge in [0, 0.05) is 36.1 Å². The molecule has 0 radical (unpaired) electrons. The van der Waals surface area contributed by atoms with Crippen LogP contribution in [-0.2, 0) is 6.54 Å². The quantitative estimate of drug-likeness (QED) is 0.591. The molecule has 0 saturated carbocycles. The van der Waals surface area contributed by atoms with Gasteiger partial charge in [0.1, 0.15) is 17.7 Å². The lowest BCUT2D eigenvalue weighted by atomic mass is 10.1. The van der Waals surface area contributed by atoms with Gasteiger partial charge in [0.15, 0.2) is 0 Å². The molecule has 1 atom stereocenters. The first-order valence-electron chi connectivity index (χ1n) is 10.4. The molecule has 0 spiro atoms. The van der Waals surface area contributed by atoms with Crippen molar-refractivity contribution in [1.82, 2.24) is 19.9 Å². The second-order valence-electron chi connectivity index (χ2n) is 7.98. The molecule has 3 aromatic rings. The van der Waals surface area contributed by atoms with E-state index in [2.05, 4.69) is 20.3 Å². The van der Waals surface area contributed by atoms with Crippen LogP contribution in [0, 0.1) is 6.92 Å². The number of fused-ring (bicyclic) bond motifs is 1. The Balaban J connectivity index is 1.57. The average Bonchev–Trinajstić information content (AvgIpc) is 2.89. The molecule has 1 aliphatic heterocycles. The fourth-order valence-electron chi connectivity index (χ4n) is 3.75. The molecule has 0 fully saturated rings. The third-order valence-electron chi connectivity index (χ3n) is 5.15. The van der Waals surface area contributed by atoms with E-state index in [0.29, 0.717) is 24.1 Å². The largest absolute Gasteiger partial charge is 0.480 e. The van der Waals surface area contributed by atoms with E-state index in [1.165, 1.54) is 7.11 Å². The van der Waals surface area contributed by atoms with Crippen LogP contribution in [-0.4, -0.2) is 52.8 Å². The SMILES string of the molecule is COc1nc(Nc2ccc3c(n2)OC(CC(F)(F)F)CN(C)C3)ccc1-c1ccnc(C)c1. The van der Waals surface area contributed by atoms with Crippen molar-refractivity contribution in [2.45, 2.75) is 32.2 Å². The summed E-state index contributed by atoms with van der Waals surface area (Å²) in [7, 11) is 3.30. The molecule has 1 aliphatic rings. The highest BCUT2D eigenvalue weighted by Crippen LogP contribution is 2.32. The van der Waals surface area contributed by atoms with Crippen molar-refractivity contribution in [2.24, 2.45) is 0 Å². The molecule has 0 bridgehead atoms. The van der Waals surface area contributed by atoms with Crippen LogP contribution in [0.3, 0.4) is 0 Å². The molecule has 0 saturated heterocycles. The van der Waals surface area contributed by atoms with Gasteiger partial charge < -0.3 is 14.8 Å². The Morgan fingerprint density at radius 2 is 1.91 bits per heavy atom. The number of aromatic nitrogens is 3. The lowest BCUT2D eigenvalue weighted by Crippen LogP contribution is -2.34. The molecule has 0 amide bonds. The molecule has 7 nitrogen and oxygen atoms in total. The van der Waals surface area contributed by atoms with Crippen molar-refractivity contribution < 1.29 is 22.6 Å². The van der Waals surface area contributed by atoms with E-state index in [9.17, 15) is 13.2 Å². The standard InChI is InChI=1S/C23H24F3N5O2/c1-14-10-15(8-9-27-14)18-5-7-20(30-22(18)32-3)28-19-6-4-16-12-31(2)13-17(11-23(24,25)26)33-21(16)29-19/h4-10,17H,11-13H2,1-3H3,(H,28,29,30).